The Balaban J connectivity index is 1.88. The van der Waals surface area contributed by atoms with E-state index in [-0.39, 0.29) is 18.1 Å². The number of nitrogens with one attached hydrogen (secondary N) is 1. The Morgan fingerprint density at radius 1 is 1.11 bits per heavy atom. The minimum absolute atomic E-state index is 0.218. The number of hydrogen-bond donors (Lipinski definition) is 3. The molecule has 0 aliphatic rings. The van der Waals surface area contributed by atoms with Crippen LogP contribution in [0, 0.1) is 5.82 Å². The van der Waals surface area contributed by atoms with Gasteiger partial charge in [-0.1, -0.05) is 30.3 Å². The lowest BCUT2D eigenvalue weighted by atomic mass is 10.1. The third-order valence-corrected chi connectivity index (χ3v) is 2.88. The average Bonchev–Trinajstić information content (AvgIpc) is 2.41. The number of hydrogen-bond acceptors (Lipinski definition) is 3. The van der Waals surface area contributed by atoms with Crippen LogP contribution in [0.5, 0.6) is 5.75 Å². The molecular weight excluding hydrogens is 245 g/mol. The zero-order valence-electron chi connectivity index (χ0n) is 10.4. The molecule has 2 rings (SSSR count). The summed E-state index contributed by atoms with van der Waals surface area (Å²) in [6.45, 7) is 0.733. The summed E-state index contributed by atoms with van der Waals surface area (Å²) >= 11 is 0. The zero-order chi connectivity index (χ0) is 13.7. The fourth-order valence-corrected chi connectivity index (χ4v) is 1.84. The van der Waals surface area contributed by atoms with Gasteiger partial charge in [-0.3, -0.25) is 0 Å². The average molecular weight is 261 g/mol. The van der Waals surface area contributed by atoms with Crippen LogP contribution in [0.3, 0.4) is 0 Å². The first-order valence-corrected chi connectivity index (χ1v) is 6.08. The molecule has 2 aromatic rings. The Kier molecular flexibility index (Phi) is 4.49. The first kappa shape index (κ1) is 13.5. The highest BCUT2D eigenvalue weighted by molar-refractivity contribution is 5.31. The van der Waals surface area contributed by atoms with Crippen molar-refractivity contribution in [1.29, 1.82) is 0 Å². The van der Waals surface area contributed by atoms with Crippen LogP contribution in [0.4, 0.5) is 4.39 Å². The van der Waals surface area contributed by atoms with Crippen molar-refractivity contribution in [3.8, 4) is 5.75 Å². The van der Waals surface area contributed by atoms with Crippen molar-refractivity contribution >= 4 is 0 Å². The Morgan fingerprint density at radius 2 is 1.89 bits per heavy atom. The molecule has 3 N–H and O–H groups in total. The Hall–Kier alpha value is -1.91. The molecule has 0 aliphatic heterocycles. The lowest BCUT2D eigenvalue weighted by Gasteiger charge is -2.12. The molecule has 100 valence electrons. The molecule has 0 saturated heterocycles. The number of aliphatic hydroxyl groups is 1. The van der Waals surface area contributed by atoms with Gasteiger partial charge < -0.3 is 15.5 Å². The fourth-order valence-electron chi connectivity index (χ4n) is 1.84. The van der Waals surface area contributed by atoms with Gasteiger partial charge in [-0.25, -0.2) is 4.39 Å². The van der Waals surface area contributed by atoms with E-state index in [4.69, 9.17) is 0 Å². The minimum Gasteiger partial charge on any atom is -0.508 e. The van der Waals surface area contributed by atoms with Gasteiger partial charge in [0.05, 0.1) is 6.10 Å². The summed E-state index contributed by atoms with van der Waals surface area (Å²) in [5, 5.41) is 22.5. The van der Waals surface area contributed by atoms with E-state index in [1.807, 2.05) is 6.07 Å². The van der Waals surface area contributed by atoms with Crippen LogP contribution in [0.15, 0.2) is 48.5 Å². The fraction of sp³-hybridized carbons (Fsp3) is 0.200. The standard InChI is InChI=1S/C15H16FNO2/c16-13-6-3-5-11(8-13)15(19)10-17-9-12-4-1-2-7-14(12)18/h1-8,15,17-19H,9-10H2. The van der Waals surface area contributed by atoms with Crippen molar-refractivity contribution in [2.24, 2.45) is 0 Å². The maximum atomic E-state index is 13.0. The van der Waals surface area contributed by atoms with Crippen LogP contribution in [0.2, 0.25) is 0 Å². The quantitative estimate of drug-likeness (QED) is 0.774. The molecule has 3 nitrogen and oxygen atoms in total. The molecule has 4 heteroatoms. The van der Waals surface area contributed by atoms with E-state index in [0.29, 0.717) is 12.1 Å². The monoisotopic (exact) mass is 261 g/mol. The number of benzene rings is 2. The van der Waals surface area contributed by atoms with Gasteiger partial charge in [0.2, 0.25) is 0 Å². The zero-order valence-corrected chi connectivity index (χ0v) is 10.4. The molecule has 0 amide bonds. The molecule has 19 heavy (non-hydrogen) atoms. The third kappa shape index (κ3) is 3.77. The second-order valence-electron chi connectivity index (χ2n) is 4.33. The number of halogens is 1. The summed E-state index contributed by atoms with van der Waals surface area (Å²) in [5.74, 6) is -0.146. The normalized spacial score (nSPS) is 12.3. The van der Waals surface area contributed by atoms with Crippen LogP contribution in [-0.4, -0.2) is 16.8 Å². The number of rotatable bonds is 5. The third-order valence-electron chi connectivity index (χ3n) is 2.88. The van der Waals surface area contributed by atoms with Crippen molar-refractivity contribution in [3.63, 3.8) is 0 Å². The SMILES string of the molecule is Oc1ccccc1CNCC(O)c1cccc(F)c1. The Labute approximate surface area is 111 Å². The molecule has 2 aromatic carbocycles. The largest absolute Gasteiger partial charge is 0.508 e. The topological polar surface area (TPSA) is 52.5 Å². The molecule has 0 heterocycles. The lowest BCUT2D eigenvalue weighted by Crippen LogP contribution is -2.21. The van der Waals surface area contributed by atoms with Crippen LogP contribution in [-0.2, 0) is 6.54 Å². The van der Waals surface area contributed by atoms with E-state index in [9.17, 15) is 14.6 Å². The van der Waals surface area contributed by atoms with Gasteiger partial charge in [-0.05, 0) is 23.8 Å². The number of phenolic OH excluding ortho intramolecular Hbond substituents is 1. The van der Waals surface area contributed by atoms with Crippen molar-refractivity contribution in [3.05, 3.63) is 65.5 Å². The second kappa shape index (κ2) is 6.31. The molecule has 0 bridgehead atoms. The molecule has 0 aliphatic carbocycles. The summed E-state index contributed by atoms with van der Waals surface area (Å²) < 4.78 is 13.0. The molecule has 0 saturated carbocycles. The molecular formula is C15H16FNO2. The molecule has 1 unspecified atom stereocenters. The predicted octanol–water partition coefficient (Wildman–Crippen LogP) is 2.35. The van der Waals surface area contributed by atoms with E-state index in [2.05, 4.69) is 5.32 Å². The highest BCUT2D eigenvalue weighted by Gasteiger charge is 2.08. The Morgan fingerprint density at radius 3 is 2.63 bits per heavy atom. The van der Waals surface area contributed by atoms with Gasteiger partial charge in [0.25, 0.3) is 0 Å². The summed E-state index contributed by atoms with van der Waals surface area (Å²) in [6.07, 6.45) is -0.776. The summed E-state index contributed by atoms with van der Waals surface area (Å²) in [5.41, 5.74) is 1.29. The van der Waals surface area contributed by atoms with E-state index in [1.54, 1.807) is 30.3 Å². The maximum Gasteiger partial charge on any atom is 0.123 e. The molecule has 0 aromatic heterocycles. The minimum atomic E-state index is -0.776. The summed E-state index contributed by atoms with van der Waals surface area (Å²) in [7, 11) is 0. The molecule has 0 fully saturated rings. The Bertz CT molecular complexity index is 545. The van der Waals surface area contributed by atoms with E-state index in [0.717, 1.165) is 5.56 Å². The lowest BCUT2D eigenvalue weighted by molar-refractivity contribution is 0.174. The van der Waals surface area contributed by atoms with Crippen molar-refractivity contribution in [2.75, 3.05) is 6.54 Å². The van der Waals surface area contributed by atoms with Crippen LogP contribution in [0.25, 0.3) is 0 Å². The first-order valence-electron chi connectivity index (χ1n) is 6.08. The number of aromatic hydroxyl groups is 1. The molecule has 1 atom stereocenters. The van der Waals surface area contributed by atoms with Gasteiger partial charge >= 0.3 is 0 Å². The second-order valence-corrected chi connectivity index (χ2v) is 4.33. The van der Waals surface area contributed by atoms with Crippen molar-refractivity contribution < 1.29 is 14.6 Å². The van der Waals surface area contributed by atoms with Gasteiger partial charge in [-0.15, -0.1) is 0 Å². The van der Waals surface area contributed by atoms with Crippen LogP contribution in [0.1, 0.15) is 17.2 Å². The van der Waals surface area contributed by atoms with Crippen LogP contribution >= 0.6 is 0 Å². The highest BCUT2D eigenvalue weighted by atomic mass is 19.1. The van der Waals surface area contributed by atoms with E-state index >= 15 is 0 Å². The van der Waals surface area contributed by atoms with E-state index < -0.39 is 6.10 Å². The van der Waals surface area contributed by atoms with Crippen LogP contribution < -0.4 is 5.32 Å². The number of aliphatic hydroxyl groups excluding tert-OH is 1. The van der Waals surface area contributed by atoms with Gasteiger partial charge in [0.1, 0.15) is 11.6 Å². The smallest absolute Gasteiger partial charge is 0.123 e. The molecule has 0 radical (unpaired) electrons. The number of para-hydroxylation sites is 1. The molecule has 0 spiro atoms. The maximum absolute atomic E-state index is 13.0. The number of phenols is 1. The predicted molar refractivity (Wildman–Crippen MR) is 71.2 cm³/mol. The van der Waals surface area contributed by atoms with Gasteiger partial charge in [0.15, 0.2) is 0 Å². The summed E-state index contributed by atoms with van der Waals surface area (Å²) in [6, 6.07) is 12.9. The van der Waals surface area contributed by atoms with Gasteiger partial charge in [0, 0.05) is 18.7 Å². The van der Waals surface area contributed by atoms with Crippen molar-refractivity contribution in [2.45, 2.75) is 12.6 Å². The first-order chi connectivity index (χ1) is 9.16. The van der Waals surface area contributed by atoms with Crippen molar-refractivity contribution in [1.82, 2.24) is 5.32 Å². The highest BCUT2D eigenvalue weighted by Crippen LogP contribution is 2.16. The summed E-state index contributed by atoms with van der Waals surface area (Å²) in [4.78, 5) is 0. The van der Waals surface area contributed by atoms with Gasteiger partial charge in [-0.2, -0.15) is 0 Å². The van der Waals surface area contributed by atoms with E-state index in [1.165, 1.54) is 12.1 Å².